The highest BCUT2D eigenvalue weighted by Gasteiger charge is 2.37. The predicted molar refractivity (Wildman–Crippen MR) is 157 cm³/mol. The third-order valence-electron chi connectivity index (χ3n) is 7.81. The van der Waals surface area contributed by atoms with Crippen molar-refractivity contribution in [3.63, 3.8) is 0 Å². The molecule has 8 nitrogen and oxygen atoms in total. The van der Waals surface area contributed by atoms with Crippen molar-refractivity contribution < 1.29 is 40.2 Å². The van der Waals surface area contributed by atoms with Gasteiger partial charge in [0.25, 0.3) is 0 Å². The summed E-state index contributed by atoms with van der Waals surface area (Å²) >= 11 is 0. The van der Waals surface area contributed by atoms with Crippen LogP contribution in [0.25, 0.3) is 10.9 Å². The first-order valence-electron chi connectivity index (χ1n) is 14.6. The van der Waals surface area contributed by atoms with E-state index in [1.165, 1.54) is 11.0 Å². The molecule has 252 valence electrons. The Kier molecular flexibility index (Phi) is 10.8. The lowest BCUT2D eigenvalue weighted by Gasteiger charge is -2.31. The van der Waals surface area contributed by atoms with Crippen molar-refractivity contribution in [1.82, 2.24) is 15.0 Å². The lowest BCUT2D eigenvalue weighted by molar-refractivity contribution is -0.143. The van der Waals surface area contributed by atoms with Crippen LogP contribution >= 0.6 is 0 Å². The number of nitrogens with zero attached hydrogens (tertiary/aromatic N) is 5. The standard InChI is InChI=1S/C30H35F8N7O/c1-2-43(15-18-5-3-4-6-18)27-20(11-24-25(32)13-23(31)14-26(24)41-27)17-44(28(39)42-45(40)7-8-46)16-19-9-21(29(33,34)35)12-22(10-19)30(36,37)38/h9-14,18,46H,2-8,15-17,40H2,1H3,(H2,39,42). The molecule has 0 radical (unpaired) electrons. The van der Waals surface area contributed by atoms with Gasteiger partial charge in [0.15, 0.2) is 0 Å². The summed E-state index contributed by atoms with van der Waals surface area (Å²) in [6.07, 6.45) is -6.11. The Hall–Kier alpha value is -3.92. The molecule has 3 aromatic rings. The minimum atomic E-state index is -5.08. The number of hydrazone groups is 1. The molecule has 1 aliphatic rings. The maximum absolute atomic E-state index is 15.0. The number of pyridine rings is 1. The van der Waals surface area contributed by atoms with E-state index in [1.54, 1.807) is 0 Å². The Morgan fingerprint density at radius 1 is 0.957 bits per heavy atom. The molecule has 0 bridgehead atoms. The zero-order chi connectivity index (χ0) is 33.8. The second-order valence-corrected chi connectivity index (χ2v) is 11.2. The number of benzene rings is 2. The zero-order valence-electron chi connectivity index (χ0n) is 25.0. The molecule has 0 spiro atoms. The molecule has 1 aliphatic carbocycles. The van der Waals surface area contributed by atoms with Crippen molar-refractivity contribution in [3.05, 3.63) is 70.3 Å². The number of hydrogen-bond acceptors (Lipinski definition) is 6. The van der Waals surface area contributed by atoms with Gasteiger partial charge >= 0.3 is 12.4 Å². The van der Waals surface area contributed by atoms with Gasteiger partial charge in [-0.15, -0.1) is 5.10 Å². The highest BCUT2D eigenvalue weighted by atomic mass is 19.4. The fraction of sp³-hybridized carbons (Fsp3) is 0.467. The number of anilines is 1. The molecule has 16 heteroatoms. The Morgan fingerprint density at radius 3 is 2.15 bits per heavy atom. The lowest BCUT2D eigenvalue weighted by Crippen LogP contribution is -2.41. The van der Waals surface area contributed by atoms with Gasteiger partial charge in [-0.2, -0.15) is 26.3 Å². The molecule has 46 heavy (non-hydrogen) atoms. The van der Waals surface area contributed by atoms with Crippen LogP contribution in [0.1, 0.15) is 54.9 Å². The molecule has 0 saturated heterocycles. The van der Waals surface area contributed by atoms with Gasteiger partial charge < -0.3 is 20.6 Å². The van der Waals surface area contributed by atoms with Gasteiger partial charge in [0.1, 0.15) is 17.5 Å². The van der Waals surface area contributed by atoms with E-state index in [0.29, 0.717) is 48.6 Å². The molecular formula is C30H35F8N7O. The predicted octanol–water partition coefficient (Wildman–Crippen LogP) is 5.97. The third-order valence-corrected chi connectivity index (χ3v) is 7.81. The first kappa shape index (κ1) is 34.9. The van der Waals surface area contributed by atoms with E-state index in [1.807, 2.05) is 11.8 Å². The molecule has 0 unspecified atom stereocenters. The average molecular weight is 662 g/mol. The second kappa shape index (κ2) is 14.2. The number of aromatic nitrogens is 1. The van der Waals surface area contributed by atoms with Crippen LogP contribution in [-0.4, -0.2) is 52.3 Å². The van der Waals surface area contributed by atoms with E-state index < -0.39 is 59.8 Å². The topological polar surface area (TPSA) is 107 Å². The number of fused-ring (bicyclic) bond motifs is 1. The van der Waals surface area contributed by atoms with Crippen LogP contribution in [0, 0.1) is 17.6 Å². The SMILES string of the molecule is CCN(CC1CCCC1)c1nc2cc(F)cc(F)c2cc1CN(Cc1cc(C(F)(F)F)cc(C(F)(F)F)c1)/C(N)=N/N(N)CCO. The fourth-order valence-corrected chi connectivity index (χ4v) is 5.59. The molecule has 1 heterocycles. The number of aliphatic hydroxyl groups is 1. The van der Waals surface area contributed by atoms with E-state index in [2.05, 4.69) is 10.1 Å². The van der Waals surface area contributed by atoms with Gasteiger partial charge in [-0.05, 0) is 55.5 Å². The molecule has 1 fully saturated rings. The summed E-state index contributed by atoms with van der Waals surface area (Å²) in [5.41, 5.74) is 3.13. The average Bonchev–Trinajstić information content (AvgIpc) is 3.48. The fourth-order valence-electron chi connectivity index (χ4n) is 5.59. The molecule has 5 N–H and O–H groups in total. The van der Waals surface area contributed by atoms with E-state index in [4.69, 9.17) is 11.6 Å². The Labute approximate surface area is 260 Å². The maximum atomic E-state index is 15.0. The number of nitrogens with two attached hydrogens (primary N) is 2. The van der Waals surface area contributed by atoms with Gasteiger partial charge in [-0.25, -0.2) is 24.7 Å². The number of aliphatic hydroxyl groups excluding tert-OH is 1. The number of alkyl halides is 6. The number of hydrogen-bond donors (Lipinski definition) is 3. The van der Waals surface area contributed by atoms with Crippen LogP contribution in [0.2, 0.25) is 0 Å². The van der Waals surface area contributed by atoms with Gasteiger partial charge in [0.2, 0.25) is 5.96 Å². The van der Waals surface area contributed by atoms with Gasteiger partial charge in [0.05, 0.1) is 29.8 Å². The van der Waals surface area contributed by atoms with E-state index in [0.717, 1.165) is 36.9 Å². The van der Waals surface area contributed by atoms with E-state index in [-0.39, 0.29) is 30.1 Å². The van der Waals surface area contributed by atoms with Crippen LogP contribution in [0.4, 0.5) is 40.9 Å². The molecule has 4 rings (SSSR count). The third kappa shape index (κ3) is 8.66. The van der Waals surface area contributed by atoms with Crippen molar-refractivity contribution in [1.29, 1.82) is 0 Å². The first-order valence-corrected chi connectivity index (χ1v) is 14.6. The minimum Gasteiger partial charge on any atom is -0.394 e. The summed E-state index contributed by atoms with van der Waals surface area (Å²) in [4.78, 5) is 7.68. The summed E-state index contributed by atoms with van der Waals surface area (Å²) in [5, 5.41) is 13.9. The molecule has 0 atom stereocenters. The summed E-state index contributed by atoms with van der Waals surface area (Å²) in [6, 6.07) is 4.33. The summed E-state index contributed by atoms with van der Waals surface area (Å²) < 4.78 is 111. The second-order valence-electron chi connectivity index (χ2n) is 11.2. The smallest absolute Gasteiger partial charge is 0.394 e. The molecule has 0 aliphatic heterocycles. The van der Waals surface area contributed by atoms with Crippen molar-refractivity contribution >= 4 is 22.7 Å². The molecule has 2 aromatic carbocycles. The lowest BCUT2D eigenvalue weighted by atomic mass is 10.0. The Morgan fingerprint density at radius 2 is 1.59 bits per heavy atom. The number of guanidine groups is 1. The van der Waals surface area contributed by atoms with E-state index >= 15 is 0 Å². The highest BCUT2D eigenvalue weighted by Crippen LogP contribution is 2.37. The zero-order valence-corrected chi connectivity index (χ0v) is 25.0. The molecular weight excluding hydrogens is 626 g/mol. The Balaban J connectivity index is 1.85. The van der Waals surface area contributed by atoms with Crippen molar-refractivity contribution in [2.75, 3.05) is 31.1 Å². The number of hydrazine groups is 1. The summed E-state index contributed by atoms with van der Waals surface area (Å²) in [7, 11) is 0. The summed E-state index contributed by atoms with van der Waals surface area (Å²) in [5.74, 6) is 4.23. The van der Waals surface area contributed by atoms with Crippen LogP contribution < -0.4 is 16.5 Å². The first-order chi connectivity index (χ1) is 21.6. The molecule has 1 aromatic heterocycles. The number of halogens is 8. The molecule has 0 amide bonds. The molecule has 1 saturated carbocycles. The Bertz CT molecular complexity index is 1510. The van der Waals surface area contributed by atoms with Gasteiger partial charge in [-0.3, -0.25) is 0 Å². The highest BCUT2D eigenvalue weighted by molar-refractivity contribution is 5.83. The van der Waals surface area contributed by atoms with Crippen molar-refractivity contribution in [2.45, 2.75) is 58.0 Å². The maximum Gasteiger partial charge on any atom is 0.416 e. The minimum absolute atomic E-state index is 0.0174. The largest absolute Gasteiger partial charge is 0.416 e. The van der Waals surface area contributed by atoms with Gasteiger partial charge in [0, 0.05) is 49.3 Å². The van der Waals surface area contributed by atoms with Crippen molar-refractivity contribution in [2.24, 2.45) is 22.6 Å². The van der Waals surface area contributed by atoms with Gasteiger partial charge in [-0.1, -0.05) is 12.8 Å². The number of rotatable bonds is 11. The van der Waals surface area contributed by atoms with Crippen molar-refractivity contribution in [3.8, 4) is 0 Å². The summed E-state index contributed by atoms with van der Waals surface area (Å²) in [6.45, 7) is 1.34. The van der Waals surface area contributed by atoms with Crippen LogP contribution in [0.3, 0.4) is 0 Å². The quantitative estimate of drug-likeness (QED) is 0.0765. The van der Waals surface area contributed by atoms with Crippen LogP contribution in [0.5, 0.6) is 0 Å². The monoisotopic (exact) mass is 661 g/mol. The van der Waals surface area contributed by atoms with Crippen LogP contribution in [-0.2, 0) is 25.4 Å². The van der Waals surface area contributed by atoms with Crippen LogP contribution in [0.15, 0.2) is 41.5 Å². The normalized spacial score (nSPS) is 14.7. The van der Waals surface area contributed by atoms with E-state index in [9.17, 15) is 40.2 Å².